The van der Waals surface area contributed by atoms with Crippen molar-refractivity contribution < 1.29 is 13.6 Å². The van der Waals surface area contributed by atoms with Gasteiger partial charge in [0, 0.05) is 18.5 Å². The van der Waals surface area contributed by atoms with Crippen molar-refractivity contribution in [2.24, 2.45) is 11.1 Å². The summed E-state index contributed by atoms with van der Waals surface area (Å²) in [5, 5.41) is 2.60. The van der Waals surface area contributed by atoms with E-state index < -0.39 is 11.6 Å². The van der Waals surface area contributed by atoms with Gasteiger partial charge in [-0.25, -0.2) is 8.78 Å². The van der Waals surface area contributed by atoms with Gasteiger partial charge >= 0.3 is 0 Å². The van der Waals surface area contributed by atoms with E-state index in [1.807, 2.05) is 0 Å². The largest absolute Gasteiger partial charge is 0.352 e. The lowest BCUT2D eigenvalue weighted by Gasteiger charge is -2.23. The lowest BCUT2D eigenvalue weighted by molar-refractivity contribution is -0.121. The van der Waals surface area contributed by atoms with E-state index in [1.54, 1.807) is 0 Å². The smallest absolute Gasteiger partial charge is 0.220 e. The molecule has 0 saturated heterocycles. The van der Waals surface area contributed by atoms with Crippen LogP contribution >= 0.6 is 0 Å². The minimum Gasteiger partial charge on any atom is -0.352 e. The summed E-state index contributed by atoms with van der Waals surface area (Å²) in [7, 11) is 0. The van der Waals surface area contributed by atoms with Crippen LogP contribution < -0.4 is 11.1 Å². The molecule has 112 valence electrons. The van der Waals surface area contributed by atoms with Crippen molar-refractivity contribution in [3.05, 3.63) is 35.4 Å². The Morgan fingerprint density at radius 2 is 2.00 bits per heavy atom. The number of carbonyl (C=O) groups excluding carboxylic acids is 1. The summed E-state index contributed by atoms with van der Waals surface area (Å²) in [6.45, 7) is 4.70. The highest BCUT2D eigenvalue weighted by molar-refractivity contribution is 5.75. The van der Waals surface area contributed by atoms with Crippen molar-refractivity contribution in [1.82, 2.24) is 5.32 Å². The van der Waals surface area contributed by atoms with Crippen LogP contribution in [0.2, 0.25) is 0 Å². The summed E-state index contributed by atoms with van der Waals surface area (Å²) in [5.74, 6) is -1.20. The molecule has 0 saturated carbocycles. The highest BCUT2D eigenvalue weighted by Crippen LogP contribution is 2.25. The molecule has 1 rings (SSSR count). The van der Waals surface area contributed by atoms with Gasteiger partial charge in [0.15, 0.2) is 0 Å². The zero-order chi connectivity index (χ0) is 15.2. The minimum absolute atomic E-state index is 0.000254. The molecule has 3 nitrogen and oxygen atoms in total. The van der Waals surface area contributed by atoms with E-state index in [9.17, 15) is 13.6 Å². The second kappa shape index (κ2) is 7.33. The van der Waals surface area contributed by atoms with Gasteiger partial charge in [-0.2, -0.15) is 0 Å². The van der Waals surface area contributed by atoms with Crippen molar-refractivity contribution in [1.29, 1.82) is 0 Å². The summed E-state index contributed by atoms with van der Waals surface area (Å²) < 4.78 is 26.3. The van der Waals surface area contributed by atoms with Crippen LogP contribution in [0.15, 0.2) is 18.2 Å². The Labute approximate surface area is 118 Å². The minimum atomic E-state index is -0.518. The Hall–Kier alpha value is -1.49. The second-order valence-corrected chi connectivity index (χ2v) is 5.72. The molecular weight excluding hydrogens is 262 g/mol. The first-order valence-corrected chi connectivity index (χ1v) is 6.75. The van der Waals surface area contributed by atoms with E-state index in [-0.39, 0.29) is 23.4 Å². The number of nitrogens with one attached hydrogen (secondary N) is 1. The molecule has 1 aromatic carbocycles. The van der Waals surface area contributed by atoms with E-state index in [2.05, 4.69) is 19.2 Å². The lowest BCUT2D eigenvalue weighted by Crippen LogP contribution is -2.26. The fourth-order valence-corrected chi connectivity index (χ4v) is 1.93. The standard InChI is InChI=1S/C15H22F2N2O/c1-15(2,7-8-18)6-5-14(20)19-10-11-9-12(16)3-4-13(11)17/h3-4,9H,5-8,10,18H2,1-2H3,(H,19,20). The molecule has 20 heavy (non-hydrogen) atoms. The predicted molar refractivity (Wildman–Crippen MR) is 74.9 cm³/mol. The van der Waals surface area contributed by atoms with Crippen molar-refractivity contribution in [2.75, 3.05) is 6.54 Å². The van der Waals surface area contributed by atoms with E-state index in [0.717, 1.165) is 24.6 Å². The highest BCUT2D eigenvalue weighted by Gasteiger charge is 2.18. The van der Waals surface area contributed by atoms with Gasteiger partial charge in [-0.15, -0.1) is 0 Å². The summed E-state index contributed by atoms with van der Waals surface area (Å²) in [6, 6.07) is 3.20. The highest BCUT2D eigenvalue weighted by atomic mass is 19.1. The number of carbonyl (C=O) groups is 1. The first-order valence-electron chi connectivity index (χ1n) is 6.75. The van der Waals surface area contributed by atoms with Crippen LogP contribution in [0.3, 0.4) is 0 Å². The first-order chi connectivity index (χ1) is 9.34. The SMILES string of the molecule is CC(C)(CCN)CCC(=O)NCc1cc(F)ccc1F. The number of halogens is 2. The van der Waals surface area contributed by atoms with Crippen molar-refractivity contribution in [3.63, 3.8) is 0 Å². The van der Waals surface area contributed by atoms with E-state index in [4.69, 9.17) is 5.73 Å². The Kier molecular flexibility index (Phi) is 6.07. The third-order valence-corrected chi connectivity index (χ3v) is 3.33. The van der Waals surface area contributed by atoms with Crippen LogP contribution in [0, 0.1) is 17.0 Å². The normalized spacial score (nSPS) is 11.4. The summed E-state index contributed by atoms with van der Waals surface area (Å²) >= 11 is 0. The molecule has 1 amide bonds. The predicted octanol–water partition coefficient (Wildman–Crippen LogP) is 2.74. The van der Waals surface area contributed by atoms with Gasteiger partial charge in [0.25, 0.3) is 0 Å². The number of nitrogens with two attached hydrogens (primary N) is 1. The molecule has 0 aliphatic heterocycles. The molecule has 0 atom stereocenters. The van der Waals surface area contributed by atoms with Gasteiger partial charge in [0.1, 0.15) is 11.6 Å². The third kappa shape index (κ3) is 5.65. The summed E-state index contributed by atoms with van der Waals surface area (Å²) in [4.78, 5) is 11.7. The molecule has 0 spiro atoms. The Morgan fingerprint density at radius 3 is 2.65 bits per heavy atom. The van der Waals surface area contributed by atoms with Crippen molar-refractivity contribution in [3.8, 4) is 0 Å². The molecule has 0 fully saturated rings. The molecule has 0 unspecified atom stereocenters. The van der Waals surface area contributed by atoms with Gasteiger partial charge in [0.2, 0.25) is 5.91 Å². The van der Waals surface area contributed by atoms with E-state index >= 15 is 0 Å². The fourth-order valence-electron chi connectivity index (χ4n) is 1.93. The summed E-state index contributed by atoms with van der Waals surface area (Å²) in [6.07, 6.45) is 1.91. The Balaban J connectivity index is 2.42. The number of hydrogen-bond acceptors (Lipinski definition) is 2. The average molecular weight is 284 g/mol. The van der Waals surface area contributed by atoms with E-state index in [1.165, 1.54) is 0 Å². The molecule has 0 radical (unpaired) electrons. The van der Waals surface area contributed by atoms with Crippen LogP contribution in [-0.4, -0.2) is 12.5 Å². The van der Waals surface area contributed by atoms with Crippen LogP contribution in [-0.2, 0) is 11.3 Å². The van der Waals surface area contributed by atoms with Gasteiger partial charge in [-0.3, -0.25) is 4.79 Å². The molecular formula is C15H22F2N2O. The van der Waals surface area contributed by atoms with Crippen molar-refractivity contribution >= 4 is 5.91 Å². The molecule has 0 aliphatic rings. The molecule has 0 bridgehead atoms. The molecule has 5 heteroatoms. The zero-order valence-electron chi connectivity index (χ0n) is 12.0. The van der Waals surface area contributed by atoms with Crippen LogP contribution in [0.4, 0.5) is 8.78 Å². The molecule has 0 aromatic heterocycles. The fraction of sp³-hybridized carbons (Fsp3) is 0.533. The number of rotatable bonds is 7. The second-order valence-electron chi connectivity index (χ2n) is 5.72. The maximum Gasteiger partial charge on any atom is 0.220 e. The molecule has 3 N–H and O–H groups in total. The maximum absolute atomic E-state index is 13.4. The Bertz CT molecular complexity index is 461. The first kappa shape index (κ1) is 16.6. The van der Waals surface area contributed by atoms with Gasteiger partial charge in [-0.1, -0.05) is 13.8 Å². The summed E-state index contributed by atoms with van der Waals surface area (Å²) in [5.41, 5.74) is 5.67. The van der Waals surface area contributed by atoms with Gasteiger partial charge in [-0.05, 0) is 43.0 Å². The quantitative estimate of drug-likeness (QED) is 0.809. The van der Waals surface area contributed by atoms with E-state index in [0.29, 0.717) is 19.4 Å². The monoisotopic (exact) mass is 284 g/mol. The molecule has 0 heterocycles. The van der Waals surface area contributed by atoms with Crippen LogP contribution in [0.1, 0.15) is 38.7 Å². The van der Waals surface area contributed by atoms with Crippen LogP contribution in [0.5, 0.6) is 0 Å². The third-order valence-electron chi connectivity index (χ3n) is 3.33. The number of hydrogen-bond donors (Lipinski definition) is 2. The van der Waals surface area contributed by atoms with Crippen LogP contribution in [0.25, 0.3) is 0 Å². The van der Waals surface area contributed by atoms with Crippen molar-refractivity contribution in [2.45, 2.75) is 39.7 Å². The number of amides is 1. The zero-order valence-corrected chi connectivity index (χ0v) is 12.0. The topological polar surface area (TPSA) is 55.1 Å². The number of benzene rings is 1. The lowest BCUT2D eigenvalue weighted by atomic mass is 9.84. The van der Waals surface area contributed by atoms with Gasteiger partial charge in [0.05, 0.1) is 0 Å². The molecule has 0 aliphatic carbocycles. The molecule has 1 aromatic rings. The maximum atomic E-state index is 13.4. The Morgan fingerprint density at radius 1 is 1.30 bits per heavy atom. The van der Waals surface area contributed by atoms with Gasteiger partial charge < -0.3 is 11.1 Å². The average Bonchev–Trinajstić information content (AvgIpc) is 2.37.